The highest BCUT2D eigenvalue weighted by Gasteiger charge is 2.43. The quantitative estimate of drug-likeness (QED) is 0.834. The Labute approximate surface area is 95.7 Å². The summed E-state index contributed by atoms with van der Waals surface area (Å²) in [6.07, 6.45) is -0.0134. The number of thioether (sulfide) groups is 1. The van der Waals surface area contributed by atoms with Crippen LogP contribution in [0.3, 0.4) is 0 Å². The van der Waals surface area contributed by atoms with Gasteiger partial charge in [-0.3, -0.25) is 4.98 Å². The molecule has 0 saturated carbocycles. The molecule has 16 heavy (non-hydrogen) atoms. The van der Waals surface area contributed by atoms with Crippen LogP contribution < -0.4 is 5.73 Å². The Morgan fingerprint density at radius 3 is 2.56 bits per heavy atom. The molecule has 2 unspecified atom stereocenters. The number of aromatic nitrogens is 2. The second-order valence-corrected chi connectivity index (χ2v) is 4.36. The molecule has 0 aromatic carbocycles. The maximum Gasteiger partial charge on any atom is 0.402 e. The molecule has 0 aliphatic carbocycles. The minimum Gasteiger partial charge on any atom is -0.326 e. The number of nitrogens with two attached hydrogens (primary N) is 1. The smallest absolute Gasteiger partial charge is 0.326 e. The van der Waals surface area contributed by atoms with E-state index in [1.807, 2.05) is 0 Å². The lowest BCUT2D eigenvalue weighted by molar-refractivity contribution is -0.132. The van der Waals surface area contributed by atoms with Crippen molar-refractivity contribution in [2.24, 2.45) is 5.73 Å². The van der Waals surface area contributed by atoms with E-state index in [0.29, 0.717) is 11.8 Å². The normalized spacial score (nSPS) is 15.8. The van der Waals surface area contributed by atoms with Crippen LogP contribution in [0.5, 0.6) is 0 Å². The Bertz CT molecular complexity index is 318. The van der Waals surface area contributed by atoms with Crippen molar-refractivity contribution in [1.29, 1.82) is 0 Å². The first-order valence-electron chi connectivity index (χ1n) is 4.70. The fourth-order valence-electron chi connectivity index (χ4n) is 1.09. The molecular weight excluding hydrogens is 239 g/mol. The molecule has 1 aromatic heterocycles. The van der Waals surface area contributed by atoms with E-state index in [9.17, 15) is 13.2 Å². The van der Waals surface area contributed by atoms with Crippen molar-refractivity contribution in [3.05, 3.63) is 18.6 Å². The number of halogens is 3. The summed E-state index contributed by atoms with van der Waals surface area (Å²) < 4.78 is 38.1. The van der Waals surface area contributed by atoms with Crippen LogP contribution in [0.1, 0.15) is 13.3 Å². The van der Waals surface area contributed by atoms with Crippen molar-refractivity contribution >= 4 is 11.8 Å². The Hall–Kier alpha value is -0.820. The lowest BCUT2D eigenvalue weighted by Gasteiger charge is -2.24. The third-order valence-electron chi connectivity index (χ3n) is 1.97. The summed E-state index contributed by atoms with van der Waals surface area (Å²) >= 11 is 0.605. The van der Waals surface area contributed by atoms with E-state index in [1.54, 1.807) is 6.92 Å². The Morgan fingerprint density at radius 1 is 1.44 bits per heavy atom. The van der Waals surface area contributed by atoms with Crippen LogP contribution in [0.2, 0.25) is 0 Å². The summed E-state index contributed by atoms with van der Waals surface area (Å²) in [4.78, 5) is 7.51. The zero-order valence-corrected chi connectivity index (χ0v) is 9.42. The van der Waals surface area contributed by atoms with Gasteiger partial charge in [-0.2, -0.15) is 13.2 Å². The van der Waals surface area contributed by atoms with Crippen molar-refractivity contribution < 1.29 is 13.2 Å². The van der Waals surface area contributed by atoms with Gasteiger partial charge in [-0.1, -0.05) is 18.7 Å². The minimum absolute atomic E-state index is 0.230. The van der Waals surface area contributed by atoms with Gasteiger partial charge in [0.1, 0.15) is 10.3 Å². The van der Waals surface area contributed by atoms with Gasteiger partial charge in [0.05, 0.1) is 6.20 Å². The maximum atomic E-state index is 12.7. The molecule has 2 atom stereocenters. The van der Waals surface area contributed by atoms with Crippen molar-refractivity contribution in [2.45, 2.75) is 35.8 Å². The first-order chi connectivity index (χ1) is 7.45. The van der Waals surface area contributed by atoms with Crippen molar-refractivity contribution in [3.8, 4) is 0 Å². The molecule has 0 aliphatic heterocycles. The Kier molecular flexibility index (Phi) is 4.55. The number of hydrogen-bond acceptors (Lipinski definition) is 4. The summed E-state index contributed by atoms with van der Waals surface area (Å²) in [5.74, 6) is 0. The van der Waals surface area contributed by atoms with Gasteiger partial charge in [0.25, 0.3) is 0 Å². The molecule has 90 valence electrons. The molecule has 0 spiro atoms. The predicted molar refractivity (Wildman–Crippen MR) is 56.0 cm³/mol. The fourth-order valence-corrected chi connectivity index (χ4v) is 2.09. The zero-order valence-electron chi connectivity index (χ0n) is 8.61. The molecule has 0 fully saturated rings. The molecular formula is C9H12F3N3S. The summed E-state index contributed by atoms with van der Waals surface area (Å²) in [5, 5.41) is -1.41. The lowest BCUT2D eigenvalue weighted by Crippen LogP contribution is -2.42. The minimum atomic E-state index is -4.34. The van der Waals surface area contributed by atoms with Crippen molar-refractivity contribution in [3.63, 3.8) is 0 Å². The van der Waals surface area contributed by atoms with Crippen LogP contribution in [0, 0.1) is 0 Å². The second kappa shape index (κ2) is 5.49. The van der Waals surface area contributed by atoms with Crippen LogP contribution in [-0.4, -0.2) is 27.4 Å². The van der Waals surface area contributed by atoms with Crippen LogP contribution in [-0.2, 0) is 0 Å². The van der Waals surface area contributed by atoms with Gasteiger partial charge in [-0.15, -0.1) is 0 Å². The molecule has 0 saturated heterocycles. The molecule has 1 rings (SSSR count). The maximum absolute atomic E-state index is 12.7. The topological polar surface area (TPSA) is 51.8 Å². The van der Waals surface area contributed by atoms with Crippen LogP contribution in [0.25, 0.3) is 0 Å². The summed E-state index contributed by atoms with van der Waals surface area (Å²) in [6, 6.07) is -0.938. The number of rotatable bonds is 4. The third-order valence-corrected chi connectivity index (χ3v) is 3.29. The van der Waals surface area contributed by atoms with Gasteiger partial charge in [-0.05, 0) is 6.42 Å². The first kappa shape index (κ1) is 13.2. The molecule has 0 radical (unpaired) electrons. The number of nitrogens with zero attached hydrogens (tertiary/aromatic N) is 2. The van der Waals surface area contributed by atoms with E-state index in [4.69, 9.17) is 5.73 Å². The second-order valence-electron chi connectivity index (χ2n) is 3.20. The molecule has 2 N–H and O–H groups in total. The molecule has 1 heterocycles. The van der Waals surface area contributed by atoms with Crippen LogP contribution >= 0.6 is 11.8 Å². The van der Waals surface area contributed by atoms with Crippen LogP contribution in [0.15, 0.2) is 23.6 Å². The standard InChI is InChI=1S/C9H12F3N3S/c1-2-6(13)8(9(10,11)12)16-7-5-14-3-4-15-7/h3-6,8H,2,13H2,1H3. The van der Waals surface area contributed by atoms with E-state index in [2.05, 4.69) is 9.97 Å². The highest BCUT2D eigenvalue weighted by molar-refractivity contribution is 8.00. The molecule has 1 aromatic rings. The molecule has 0 aliphatic rings. The van der Waals surface area contributed by atoms with E-state index in [1.165, 1.54) is 18.6 Å². The largest absolute Gasteiger partial charge is 0.402 e. The van der Waals surface area contributed by atoms with Crippen molar-refractivity contribution in [1.82, 2.24) is 9.97 Å². The van der Waals surface area contributed by atoms with E-state index in [0.717, 1.165) is 0 Å². The number of hydrogen-bond donors (Lipinski definition) is 1. The van der Waals surface area contributed by atoms with Gasteiger partial charge in [-0.25, -0.2) is 4.98 Å². The number of alkyl halides is 3. The third kappa shape index (κ3) is 3.64. The average molecular weight is 251 g/mol. The molecule has 3 nitrogen and oxygen atoms in total. The van der Waals surface area contributed by atoms with Crippen LogP contribution in [0.4, 0.5) is 13.2 Å². The van der Waals surface area contributed by atoms with E-state index < -0.39 is 17.5 Å². The highest BCUT2D eigenvalue weighted by Crippen LogP contribution is 2.36. The van der Waals surface area contributed by atoms with E-state index >= 15 is 0 Å². The van der Waals surface area contributed by atoms with Gasteiger partial charge in [0.15, 0.2) is 0 Å². The molecule has 0 amide bonds. The first-order valence-corrected chi connectivity index (χ1v) is 5.58. The average Bonchev–Trinajstić information content (AvgIpc) is 2.25. The summed E-state index contributed by atoms with van der Waals surface area (Å²) in [7, 11) is 0. The van der Waals surface area contributed by atoms with Crippen molar-refractivity contribution in [2.75, 3.05) is 0 Å². The highest BCUT2D eigenvalue weighted by atomic mass is 32.2. The molecule has 7 heteroatoms. The van der Waals surface area contributed by atoms with Gasteiger partial charge in [0.2, 0.25) is 0 Å². The fraction of sp³-hybridized carbons (Fsp3) is 0.556. The molecule has 0 bridgehead atoms. The Morgan fingerprint density at radius 2 is 2.12 bits per heavy atom. The SMILES string of the molecule is CCC(N)C(Sc1cnccn1)C(F)(F)F. The Balaban J connectivity index is 2.80. The van der Waals surface area contributed by atoms with E-state index in [-0.39, 0.29) is 11.4 Å². The monoisotopic (exact) mass is 251 g/mol. The van der Waals surface area contributed by atoms with Gasteiger partial charge in [0, 0.05) is 18.4 Å². The zero-order chi connectivity index (χ0) is 12.2. The lowest BCUT2D eigenvalue weighted by atomic mass is 10.1. The summed E-state index contributed by atoms with van der Waals surface area (Å²) in [6.45, 7) is 1.63. The van der Waals surface area contributed by atoms with Gasteiger partial charge >= 0.3 is 6.18 Å². The van der Waals surface area contributed by atoms with Gasteiger partial charge < -0.3 is 5.73 Å². The summed E-state index contributed by atoms with van der Waals surface area (Å²) in [5.41, 5.74) is 5.46. The predicted octanol–water partition coefficient (Wildman–Crippen LogP) is 2.24.